The van der Waals surface area contributed by atoms with Crippen LogP contribution in [0.2, 0.25) is 0 Å². The Labute approximate surface area is 101 Å². The first-order valence-corrected chi connectivity index (χ1v) is 5.66. The molecule has 1 aromatic heterocycles. The Kier molecular flexibility index (Phi) is 6.21. The van der Waals surface area contributed by atoms with Crippen LogP contribution in [-0.4, -0.2) is 37.2 Å². The SMILES string of the molecule is COCCC(N)C(=O)NCCc1ccccn1. The third-order valence-electron chi connectivity index (χ3n) is 2.38. The number of nitrogens with two attached hydrogens (primary N) is 1. The van der Waals surface area contributed by atoms with E-state index in [1.807, 2.05) is 18.2 Å². The normalized spacial score (nSPS) is 12.1. The van der Waals surface area contributed by atoms with Crippen molar-refractivity contribution >= 4 is 5.91 Å². The predicted octanol–water partition coefficient (Wildman–Crippen LogP) is 0.104. The summed E-state index contributed by atoms with van der Waals surface area (Å²) >= 11 is 0. The van der Waals surface area contributed by atoms with Gasteiger partial charge in [-0.15, -0.1) is 0 Å². The quantitative estimate of drug-likeness (QED) is 0.705. The smallest absolute Gasteiger partial charge is 0.237 e. The average Bonchev–Trinajstić information content (AvgIpc) is 2.37. The van der Waals surface area contributed by atoms with Gasteiger partial charge in [-0.2, -0.15) is 0 Å². The molecule has 1 atom stereocenters. The van der Waals surface area contributed by atoms with Crippen molar-refractivity contribution in [2.45, 2.75) is 18.9 Å². The summed E-state index contributed by atoms with van der Waals surface area (Å²) in [6.07, 6.45) is 2.98. The van der Waals surface area contributed by atoms with E-state index in [1.165, 1.54) is 0 Å². The van der Waals surface area contributed by atoms with Gasteiger partial charge < -0.3 is 15.8 Å². The molecule has 0 fully saturated rings. The highest BCUT2D eigenvalue weighted by Crippen LogP contribution is 1.94. The zero-order valence-corrected chi connectivity index (χ0v) is 10.1. The number of hydrogen-bond donors (Lipinski definition) is 2. The molecule has 0 saturated heterocycles. The number of ether oxygens (including phenoxy) is 1. The summed E-state index contributed by atoms with van der Waals surface area (Å²) in [5.41, 5.74) is 6.63. The van der Waals surface area contributed by atoms with Gasteiger partial charge in [0.05, 0.1) is 6.04 Å². The van der Waals surface area contributed by atoms with Gasteiger partial charge in [0.15, 0.2) is 0 Å². The number of carbonyl (C=O) groups excluding carboxylic acids is 1. The number of aromatic nitrogens is 1. The van der Waals surface area contributed by atoms with Crippen molar-refractivity contribution in [3.8, 4) is 0 Å². The first-order valence-electron chi connectivity index (χ1n) is 5.66. The van der Waals surface area contributed by atoms with Crippen LogP contribution in [0, 0.1) is 0 Å². The van der Waals surface area contributed by atoms with Gasteiger partial charge in [0, 0.05) is 38.6 Å². The van der Waals surface area contributed by atoms with Gasteiger partial charge >= 0.3 is 0 Å². The number of nitrogens with one attached hydrogen (secondary N) is 1. The fourth-order valence-electron chi connectivity index (χ4n) is 1.37. The minimum atomic E-state index is -0.501. The van der Waals surface area contributed by atoms with E-state index in [0.717, 1.165) is 5.69 Å². The Morgan fingerprint density at radius 3 is 3.06 bits per heavy atom. The maximum absolute atomic E-state index is 11.5. The predicted molar refractivity (Wildman–Crippen MR) is 65.4 cm³/mol. The molecule has 0 aliphatic rings. The number of carbonyl (C=O) groups is 1. The number of methoxy groups -OCH3 is 1. The molecule has 17 heavy (non-hydrogen) atoms. The zero-order valence-electron chi connectivity index (χ0n) is 10.1. The van der Waals surface area contributed by atoms with E-state index >= 15 is 0 Å². The lowest BCUT2D eigenvalue weighted by Crippen LogP contribution is -2.42. The Morgan fingerprint density at radius 1 is 1.59 bits per heavy atom. The van der Waals surface area contributed by atoms with E-state index in [0.29, 0.717) is 26.0 Å². The molecule has 1 unspecified atom stereocenters. The Hall–Kier alpha value is -1.46. The molecule has 0 aromatic carbocycles. The van der Waals surface area contributed by atoms with Gasteiger partial charge in [-0.05, 0) is 18.6 Å². The molecule has 0 aliphatic carbocycles. The first-order chi connectivity index (χ1) is 8.24. The summed E-state index contributed by atoms with van der Waals surface area (Å²) in [4.78, 5) is 15.7. The number of nitrogens with zero attached hydrogens (tertiary/aromatic N) is 1. The van der Waals surface area contributed by atoms with Gasteiger partial charge in [-0.3, -0.25) is 9.78 Å². The van der Waals surface area contributed by atoms with Crippen LogP contribution < -0.4 is 11.1 Å². The van der Waals surface area contributed by atoms with E-state index in [-0.39, 0.29) is 5.91 Å². The maximum Gasteiger partial charge on any atom is 0.237 e. The highest BCUT2D eigenvalue weighted by atomic mass is 16.5. The largest absolute Gasteiger partial charge is 0.385 e. The third kappa shape index (κ3) is 5.42. The number of amides is 1. The van der Waals surface area contributed by atoms with Crippen LogP contribution in [0.5, 0.6) is 0 Å². The van der Waals surface area contributed by atoms with E-state index in [1.54, 1.807) is 13.3 Å². The van der Waals surface area contributed by atoms with E-state index < -0.39 is 6.04 Å². The standard InChI is InChI=1S/C12H19N3O2/c1-17-9-6-11(13)12(16)15-8-5-10-4-2-3-7-14-10/h2-4,7,11H,5-6,8-9,13H2,1H3,(H,15,16). The van der Waals surface area contributed by atoms with Crippen LogP contribution in [-0.2, 0) is 16.0 Å². The summed E-state index contributed by atoms with van der Waals surface area (Å²) in [7, 11) is 1.59. The molecule has 94 valence electrons. The van der Waals surface area contributed by atoms with Gasteiger partial charge in [0.1, 0.15) is 0 Å². The maximum atomic E-state index is 11.5. The second kappa shape index (κ2) is 7.76. The van der Waals surface area contributed by atoms with Gasteiger partial charge in [0.2, 0.25) is 5.91 Å². The van der Waals surface area contributed by atoms with Crippen molar-refractivity contribution in [2.75, 3.05) is 20.3 Å². The number of rotatable bonds is 7. The topological polar surface area (TPSA) is 77.2 Å². The summed E-state index contributed by atoms with van der Waals surface area (Å²) in [5, 5.41) is 2.78. The fourth-order valence-corrected chi connectivity index (χ4v) is 1.37. The molecule has 1 rings (SSSR count). The van der Waals surface area contributed by atoms with Crippen LogP contribution in [0.25, 0.3) is 0 Å². The van der Waals surface area contributed by atoms with E-state index in [2.05, 4.69) is 10.3 Å². The second-order valence-corrected chi connectivity index (χ2v) is 3.75. The molecule has 0 spiro atoms. The van der Waals surface area contributed by atoms with Crippen molar-refractivity contribution in [1.82, 2.24) is 10.3 Å². The monoisotopic (exact) mass is 237 g/mol. The van der Waals surface area contributed by atoms with Gasteiger partial charge in [-0.25, -0.2) is 0 Å². The molecule has 0 radical (unpaired) electrons. The van der Waals surface area contributed by atoms with Crippen LogP contribution in [0.1, 0.15) is 12.1 Å². The summed E-state index contributed by atoms with van der Waals surface area (Å²) < 4.78 is 4.87. The number of pyridine rings is 1. The lowest BCUT2D eigenvalue weighted by molar-refractivity contribution is -0.122. The van der Waals surface area contributed by atoms with Crippen molar-refractivity contribution in [1.29, 1.82) is 0 Å². The Bertz CT molecular complexity index is 330. The Balaban J connectivity index is 2.20. The van der Waals surface area contributed by atoms with Crippen molar-refractivity contribution < 1.29 is 9.53 Å². The Morgan fingerprint density at radius 2 is 2.41 bits per heavy atom. The molecule has 1 heterocycles. The molecule has 0 aliphatic heterocycles. The van der Waals surface area contributed by atoms with Gasteiger partial charge in [0.25, 0.3) is 0 Å². The fraction of sp³-hybridized carbons (Fsp3) is 0.500. The summed E-state index contributed by atoms with van der Waals surface area (Å²) in [6, 6.07) is 5.22. The average molecular weight is 237 g/mol. The highest BCUT2D eigenvalue weighted by Gasteiger charge is 2.11. The molecule has 5 heteroatoms. The molecule has 0 bridgehead atoms. The third-order valence-corrected chi connectivity index (χ3v) is 2.38. The lowest BCUT2D eigenvalue weighted by atomic mass is 10.2. The molecular weight excluding hydrogens is 218 g/mol. The first kappa shape index (κ1) is 13.6. The van der Waals surface area contributed by atoms with Crippen molar-refractivity contribution in [3.05, 3.63) is 30.1 Å². The zero-order chi connectivity index (χ0) is 12.5. The van der Waals surface area contributed by atoms with Crippen molar-refractivity contribution in [2.24, 2.45) is 5.73 Å². The van der Waals surface area contributed by atoms with Gasteiger partial charge in [-0.1, -0.05) is 6.07 Å². The molecule has 1 amide bonds. The van der Waals surface area contributed by atoms with Crippen LogP contribution in [0.4, 0.5) is 0 Å². The van der Waals surface area contributed by atoms with E-state index in [9.17, 15) is 4.79 Å². The molecule has 3 N–H and O–H groups in total. The number of hydrogen-bond acceptors (Lipinski definition) is 4. The molecule has 1 aromatic rings. The van der Waals surface area contributed by atoms with Crippen LogP contribution >= 0.6 is 0 Å². The molecule has 5 nitrogen and oxygen atoms in total. The minimum Gasteiger partial charge on any atom is -0.385 e. The summed E-state index contributed by atoms with van der Waals surface area (Å²) in [5.74, 6) is -0.141. The van der Waals surface area contributed by atoms with Crippen LogP contribution in [0.15, 0.2) is 24.4 Å². The van der Waals surface area contributed by atoms with E-state index in [4.69, 9.17) is 10.5 Å². The lowest BCUT2D eigenvalue weighted by Gasteiger charge is -2.11. The second-order valence-electron chi connectivity index (χ2n) is 3.75. The van der Waals surface area contributed by atoms with Crippen LogP contribution in [0.3, 0.4) is 0 Å². The minimum absolute atomic E-state index is 0.141. The molecule has 0 saturated carbocycles. The highest BCUT2D eigenvalue weighted by molar-refractivity contribution is 5.81. The van der Waals surface area contributed by atoms with Crippen molar-refractivity contribution in [3.63, 3.8) is 0 Å². The molecular formula is C12H19N3O2. The summed E-state index contributed by atoms with van der Waals surface area (Å²) in [6.45, 7) is 1.05.